The Hall–Kier alpha value is -3.48. The van der Waals surface area contributed by atoms with E-state index >= 15 is 0 Å². The van der Waals surface area contributed by atoms with Gasteiger partial charge in [0.25, 0.3) is 5.91 Å². The van der Waals surface area contributed by atoms with E-state index < -0.39 is 6.04 Å². The molecule has 0 saturated carbocycles. The largest absolute Gasteiger partial charge is 0.326 e. The third kappa shape index (κ3) is 3.26. The van der Waals surface area contributed by atoms with Crippen molar-refractivity contribution in [2.45, 2.75) is 26.3 Å². The molecule has 1 aliphatic rings. The molecule has 0 spiro atoms. The lowest BCUT2D eigenvalue weighted by Crippen LogP contribution is -2.23. The van der Waals surface area contributed by atoms with E-state index in [-0.39, 0.29) is 24.1 Å². The zero-order valence-electron chi connectivity index (χ0n) is 15.5. The van der Waals surface area contributed by atoms with E-state index in [1.807, 2.05) is 32.0 Å². The number of aromatic nitrogens is 2. The van der Waals surface area contributed by atoms with Gasteiger partial charge in [0, 0.05) is 11.3 Å². The van der Waals surface area contributed by atoms with Crippen molar-refractivity contribution >= 4 is 23.3 Å². The average molecular weight is 378 g/mol. The molecular formula is C21H19FN4O2. The molecule has 0 bridgehead atoms. The summed E-state index contributed by atoms with van der Waals surface area (Å²) in [6, 6.07) is 10.9. The number of nitrogens with one attached hydrogen (secondary N) is 2. The Balaban J connectivity index is 1.52. The number of fused-ring (bicyclic) bond motifs is 1. The van der Waals surface area contributed by atoms with Gasteiger partial charge in [-0.3, -0.25) is 9.59 Å². The Morgan fingerprint density at radius 2 is 1.93 bits per heavy atom. The minimum atomic E-state index is -0.726. The van der Waals surface area contributed by atoms with Crippen molar-refractivity contribution in [3.63, 3.8) is 0 Å². The van der Waals surface area contributed by atoms with Crippen LogP contribution in [0.3, 0.4) is 0 Å². The highest BCUT2D eigenvalue weighted by Crippen LogP contribution is 2.35. The zero-order chi connectivity index (χ0) is 19.8. The minimum Gasteiger partial charge on any atom is -0.326 e. The number of amides is 2. The van der Waals surface area contributed by atoms with E-state index in [1.54, 1.807) is 18.3 Å². The lowest BCUT2D eigenvalue weighted by molar-refractivity contribution is -0.123. The molecule has 1 unspecified atom stereocenters. The number of halogens is 1. The van der Waals surface area contributed by atoms with Crippen LogP contribution in [0.2, 0.25) is 0 Å². The van der Waals surface area contributed by atoms with Crippen LogP contribution in [0, 0.1) is 19.7 Å². The van der Waals surface area contributed by atoms with Gasteiger partial charge in [0.15, 0.2) is 0 Å². The van der Waals surface area contributed by atoms with Crippen LogP contribution in [0.25, 0.3) is 11.1 Å². The van der Waals surface area contributed by atoms with Crippen LogP contribution < -0.4 is 10.6 Å². The number of carbonyl (C=O) groups excluding carboxylic acids is 2. The number of anilines is 2. The van der Waals surface area contributed by atoms with Gasteiger partial charge < -0.3 is 10.6 Å². The Bertz CT molecular complexity index is 1070. The molecule has 6 nitrogen and oxygen atoms in total. The maximum atomic E-state index is 13.2. The van der Waals surface area contributed by atoms with Gasteiger partial charge in [0.2, 0.25) is 5.91 Å². The van der Waals surface area contributed by atoms with Crippen molar-refractivity contribution in [1.82, 2.24) is 9.78 Å². The van der Waals surface area contributed by atoms with Crippen LogP contribution in [-0.2, 0) is 9.59 Å². The van der Waals surface area contributed by atoms with Gasteiger partial charge in [-0.15, -0.1) is 0 Å². The normalized spacial score (nSPS) is 15.2. The van der Waals surface area contributed by atoms with Crippen LogP contribution in [0.1, 0.15) is 23.6 Å². The molecule has 2 N–H and O–H groups in total. The number of carbonyl (C=O) groups is 2. The van der Waals surface area contributed by atoms with E-state index in [4.69, 9.17) is 0 Å². The molecule has 3 aromatic rings. The molecule has 2 heterocycles. The molecular weight excluding hydrogens is 359 g/mol. The fourth-order valence-corrected chi connectivity index (χ4v) is 3.26. The molecule has 7 heteroatoms. The second-order valence-electron chi connectivity index (χ2n) is 6.91. The number of rotatable bonds is 4. The fraction of sp³-hybridized carbons (Fsp3) is 0.190. The Labute approximate surface area is 161 Å². The van der Waals surface area contributed by atoms with Gasteiger partial charge in [-0.1, -0.05) is 18.2 Å². The first-order valence-corrected chi connectivity index (χ1v) is 8.94. The summed E-state index contributed by atoms with van der Waals surface area (Å²) in [5, 5.41) is 9.89. The molecule has 0 aliphatic carbocycles. The lowest BCUT2D eigenvalue weighted by atomic mass is 10.1. The van der Waals surface area contributed by atoms with Gasteiger partial charge in [-0.2, -0.15) is 5.10 Å². The Kier molecular flexibility index (Phi) is 4.43. The molecule has 142 valence electrons. The molecule has 0 saturated heterocycles. The summed E-state index contributed by atoms with van der Waals surface area (Å²) < 4.78 is 14.7. The first kappa shape index (κ1) is 17.9. The number of hydrogen-bond acceptors (Lipinski definition) is 3. The number of nitrogens with zero attached hydrogens (tertiary/aromatic N) is 2. The van der Waals surface area contributed by atoms with Crippen molar-refractivity contribution in [2.24, 2.45) is 0 Å². The minimum absolute atomic E-state index is 0.0315. The first-order valence-electron chi connectivity index (χ1n) is 8.94. The molecule has 1 aromatic heterocycles. The summed E-state index contributed by atoms with van der Waals surface area (Å²) >= 11 is 0. The van der Waals surface area contributed by atoms with Crippen molar-refractivity contribution in [3.8, 4) is 11.1 Å². The molecule has 28 heavy (non-hydrogen) atoms. The van der Waals surface area contributed by atoms with Crippen molar-refractivity contribution in [2.75, 3.05) is 10.6 Å². The number of aryl methyl sites for hydroxylation is 2. The molecule has 2 aromatic carbocycles. The summed E-state index contributed by atoms with van der Waals surface area (Å²) in [7, 11) is 0. The van der Waals surface area contributed by atoms with Gasteiger partial charge in [0.1, 0.15) is 17.7 Å². The van der Waals surface area contributed by atoms with E-state index in [0.717, 1.165) is 16.7 Å². The monoisotopic (exact) mass is 378 g/mol. The maximum absolute atomic E-state index is 13.2. The number of hydrogen-bond donors (Lipinski definition) is 2. The second-order valence-corrected chi connectivity index (χ2v) is 6.91. The summed E-state index contributed by atoms with van der Waals surface area (Å²) in [6.45, 7) is 3.98. The van der Waals surface area contributed by atoms with Crippen LogP contribution in [0.5, 0.6) is 0 Å². The van der Waals surface area contributed by atoms with Crippen LogP contribution in [0.15, 0.2) is 48.7 Å². The predicted molar refractivity (Wildman–Crippen MR) is 104 cm³/mol. The van der Waals surface area contributed by atoms with E-state index in [2.05, 4.69) is 15.7 Å². The second kappa shape index (κ2) is 6.92. The van der Waals surface area contributed by atoms with E-state index in [0.29, 0.717) is 17.1 Å². The van der Waals surface area contributed by atoms with Gasteiger partial charge >= 0.3 is 0 Å². The van der Waals surface area contributed by atoms with Crippen LogP contribution >= 0.6 is 0 Å². The maximum Gasteiger partial charge on any atom is 0.251 e. The van der Waals surface area contributed by atoms with Gasteiger partial charge in [-0.05, 0) is 54.8 Å². The number of benzene rings is 2. The highest BCUT2D eigenvalue weighted by Gasteiger charge is 2.35. The van der Waals surface area contributed by atoms with Gasteiger partial charge in [0.05, 0.1) is 12.6 Å². The van der Waals surface area contributed by atoms with Crippen molar-refractivity contribution in [3.05, 3.63) is 65.6 Å². The third-order valence-electron chi connectivity index (χ3n) is 4.96. The molecule has 0 radical (unpaired) electrons. The summed E-state index contributed by atoms with van der Waals surface area (Å²) in [5.41, 5.74) is 4.34. The predicted octanol–water partition coefficient (Wildman–Crippen LogP) is 3.83. The fourth-order valence-electron chi connectivity index (χ4n) is 3.26. The molecule has 0 fully saturated rings. The summed E-state index contributed by atoms with van der Waals surface area (Å²) in [5.74, 6) is -0.380. The first-order chi connectivity index (χ1) is 13.4. The molecule has 4 rings (SSSR count). The SMILES string of the molecule is Cc1ccc(NC(=O)CC2C(=O)Nc3c(-c4ccc(F)cc4)cnn32)cc1C. The molecule has 2 amide bonds. The highest BCUT2D eigenvalue weighted by molar-refractivity contribution is 6.04. The van der Waals surface area contributed by atoms with Crippen molar-refractivity contribution < 1.29 is 14.0 Å². The van der Waals surface area contributed by atoms with Crippen LogP contribution in [-0.4, -0.2) is 21.6 Å². The van der Waals surface area contributed by atoms with Gasteiger partial charge in [-0.25, -0.2) is 9.07 Å². The van der Waals surface area contributed by atoms with Crippen LogP contribution in [0.4, 0.5) is 15.9 Å². The Morgan fingerprint density at radius 1 is 1.18 bits per heavy atom. The molecule has 1 aliphatic heterocycles. The summed E-state index contributed by atoms with van der Waals surface area (Å²) in [4.78, 5) is 24.9. The topological polar surface area (TPSA) is 76.0 Å². The average Bonchev–Trinajstić information content (AvgIpc) is 3.19. The lowest BCUT2D eigenvalue weighted by Gasteiger charge is -2.11. The smallest absolute Gasteiger partial charge is 0.251 e. The summed E-state index contributed by atoms with van der Waals surface area (Å²) in [6.07, 6.45) is 1.58. The van der Waals surface area contributed by atoms with E-state index in [9.17, 15) is 14.0 Å². The zero-order valence-corrected chi connectivity index (χ0v) is 15.5. The standard InChI is InChI=1S/C21H19FN4O2/c1-12-3-8-16(9-13(12)2)24-19(27)10-18-21(28)25-20-17(11-23-26(18)20)14-4-6-15(22)7-5-14/h3-9,11,18H,10H2,1-2H3,(H,24,27)(H,25,28). The third-order valence-corrected chi connectivity index (χ3v) is 4.96. The highest BCUT2D eigenvalue weighted by atomic mass is 19.1. The Morgan fingerprint density at radius 3 is 2.64 bits per heavy atom. The quantitative estimate of drug-likeness (QED) is 0.724. The van der Waals surface area contributed by atoms with Crippen molar-refractivity contribution in [1.29, 1.82) is 0 Å². The van der Waals surface area contributed by atoms with E-state index in [1.165, 1.54) is 16.8 Å². The molecule has 1 atom stereocenters.